The summed E-state index contributed by atoms with van der Waals surface area (Å²) >= 11 is 0. The van der Waals surface area contributed by atoms with Crippen molar-refractivity contribution in [1.29, 1.82) is 0 Å². The molecule has 0 saturated carbocycles. The second kappa shape index (κ2) is 11.1. The van der Waals surface area contributed by atoms with Crippen LogP contribution in [0.2, 0.25) is 0 Å². The number of alkyl halides is 2. The minimum atomic E-state index is -3.82. The third kappa shape index (κ3) is 5.95. The highest BCUT2D eigenvalue weighted by Crippen LogP contribution is 2.34. The molecule has 39 heavy (non-hydrogen) atoms. The third-order valence-electron chi connectivity index (χ3n) is 6.57. The highest BCUT2D eigenvalue weighted by Gasteiger charge is 2.47. The van der Waals surface area contributed by atoms with Crippen molar-refractivity contribution in [3.05, 3.63) is 64.7 Å². The van der Waals surface area contributed by atoms with E-state index in [1.54, 1.807) is 6.07 Å². The molecule has 1 atom stereocenters. The minimum absolute atomic E-state index is 0.000770. The van der Waals surface area contributed by atoms with Crippen LogP contribution in [0.3, 0.4) is 0 Å². The van der Waals surface area contributed by atoms with E-state index >= 15 is 0 Å². The molecule has 1 fully saturated rings. The zero-order chi connectivity index (χ0) is 28.4. The van der Waals surface area contributed by atoms with Crippen molar-refractivity contribution in [2.75, 3.05) is 13.2 Å². The summed E-state index contributed by atoms with van der Waals surface area (Å²) in [6.45, 7) is 3.98. The van der Waals surface area contributed by atoms with E-state index in [1.165, 1.54) is 29.2 Å². The largest absolute Gasteiger partial charge is 0.491 e. The molecule has 2 N–H and O–H groups in total. The van der Waals surface area contributed by atoms with Crippen LogP contribution in [0.1, 0.15) is 53.7 Å². The number of carbonyl (C=O) groups is 4. The summed E-state index contributed by atoms with van der Waals surface area (Å²) in [6.07, 6.45) is -0.0105. The molecular weight excluding hydrogens is 511 g/mol. The van der Waals surface area contributed by atoms with E-state index in [0.717, 1.165) is 12.1 Å². The minimum Gasteiger partial charge on any atom is -0.491 e. The number of nitrogens with zero attached hydrogens (tertiary/aromatic N) is 1. The number of nitrogens with one attached hydrogen (secondary N) is 2. The van der Waals surface area contributed by atoms with Crippen molar-refractivity contribution in [1.82, 2.24) is 15.5 Å². The molecule has 9 nitrogen and oxygen atoms in total. The van der Waals surface area contributed by atoms with E-state index < -0.39 is 40.6 Å². The van der Waals surface area contributed by atoms with Gasteiger partial charge in [0.25, 0.3) is 11.8 Å². The summed E-state index contributed by atoms with van der Waals surface area (Å²) in [5.74, 6) is -6.82. The Labute approximate surface area is 225 Å². The molecule has 2 radical (unpaired) electrons. The van der Waals surface area contributed by atoms with Gasteiger partial charge in [0.15, 0.2) is 0 Å². The maximum Gasteiger partial charge on any atom is 0.349 e. The molecule has 2 aromatic carbocycles. The van der Waals surface area contributed by atoms with Crippen molar-refractivity contribution in [2.45, 2.75) is 57.2 Å². The van der Waals surface area contributed by atoms with Crippen molar-refractivity contribution >= 4 is 31.5 Å². The Morgan fingerprint density at radius 3 is 2.67 bits per heavy atom. The van der Waals surface area contributed by atoms with Crippen molar-refractivity contribution < 1.29 is 37.4 Å². The van der Waals surface area contributed by atoms with Gasteiger partial charge in [-0.1, -0.05) is 24.3 Å². The Hall–Kier alpha value is -3.80. The van der Waals surface area contributed by atoms with Gasteiger partial charge in [0.1, 0.15) is 20.2 Å². The molecular formula is C27H28BF2N3O6. The summed E-state index contributed by atoms with van der Waals surface area (Å²) in [7, 11) is 6.22. The van der Waals surface area contributed by atoms with Gasteiger partial charge in [-0.05, 0) is 49.6 Å². The lowest BCUT2D eigenvalue weighted by Crippen LogP contribution is -2.63. The predicted octanol–water partition coefficient (Wildman–Crippen LogP) is 2.16. The number of fused-ring (bicyclic) bond motifs is 1. The zero-order valence-corrected chi connectivity index (χ0v) is 21.6. The van der Waals surface area contributed by atoms with E-state index in [2.05, 4.69) is 10.6 Å². The van der Waals surface area contributed by atoms with Crippen LogP contribution in [0, 0.1) is 0 Å². The summed E-state index contributed by atoms with van der Waals surface area (Å²) in [5, 5.41) is 4.40. The Balaban J connectivity index is 1.39. The number of hydrogen-bond donors (Lipinski definition) is 2. The van der Waals surface area contributed by atoms with E-state index in [9.17, 15) is 28.0 Å². The Morgan fingerprint density at radius 1 is 1.18 bits per heavy atom. The molecule has 0 aromatic heterocycles. The lowest BCUT2D eigenvalue weighted by Gasteiger charge is -2.40. The number of ether oxygens (including phenoxy) is 2. The van der Waals surface area contributed by atoms with E-state index in [1.807, 2.05) is 13.8 Å². The fourth-order valence-corrected chi connectivity index (χ4v) is 4.43. The smallest absolute Gasteiger partial charge is 0.349 e. The van der Waals surface area contributed by atoms with Gasteiger partial charge in [-0.2, -0.15) is 8.78 Å². The van der Waals surface area contributed by atoms with Crippen LogP contribution in [-0.2, 0) is 38.1 Å². The van der Waals surface area contributed by atoms with Gasteiger partial charge in [-0.15, -0.1) is 0 Å². The third-order valence-corrected chi connectivity index (χ3v) is 6.57. The van der Waals surface area contributed by atoms with Crippen molar-refractivity contribution in [3.63, 3.8) is 0 Å². The fraction of sp³-hybridized carbons (Fsp3) is 0.407. The van der Waals surface area contributed by atoms with Gasteiger partial charge in [-0.25, -0.2) is 0 Å². The summed E-state index contributed by atoms with van der Waals surface area (Å²) < 4.78 is 40.7. The monoisotopic (exact) mass is 539 g/mol. The molecule has 4 amide bonds. The van der Waals surface area contributed by atoms with Gasteiger partial charge in [0, 0.05) is 30.6 Å². The van der Waals surface area contributed by atoms with E-state index in [-0.39, 0.29) is 44.4 Å². The number of piperidine rings is 1. The lowest BCUT2D eigenvalue weighted by molar-refractivity contribution is -0.147. The molecule has 2 aliphatic heterocycles. The van der Waals surface area contributed by atoms with Crippen LogP contribution in [0.25, 0.3) is 0 Å². The SMILES string of the molecule is [B]C1(N2Cc3cc(CNC(=O)C(F)(F)c4cccc(OCCOC(C)C)c4)ccc3C2=O)CCC(=O)NC1=O. The first-order valence-electron chi connectivity index (χ1n) is 12.5. The molecule has 0 aliphatic carbocycles. The number of amides is 4. The van der Waals surface area contributed by atoms with Gasteiger partial charge in [0.05, 0.1) is 18.1 Å². The van der Waals surface area contributed by atoms with Crippen molar-refractivity contribution in [2.24, 2.45) is 0 Å². The van der Waals surface area contributed by atoms with Gasteiger partial charge < -0.3 is 19.7 Å². The first-order chi connectivity index (χ1) is 18.4. The summed E-state index contributed by atoms with van der Waals surface area (Å²) in [4.78, 5) is 50.5. The number of carbonyl (C=O) groups excluding carboxylic acids is 4. The van der Waals surface area contributed by atoms with Gasteiger partial charge >= 0.3 is 5.92 Å². The molecule has 1 unspecified atom stereocenters. The van der Waals surface area contributed by atoms with Crippen LogP contribution in [0.15, 0.2) is 42.5 Å². The first-order valence-corrected chi connectivity index (χ1v) is 12.5. The molecule has 1 saturated heterocycles. The Kier molecular flexibility index (Phi) is 8.05. The van der Waals surface area contributed by atoms with E-state index in [0.29, 0.717) is 23.3 Å². The van der Waals surface area contributed by atoms with Crippen LogP contribution in [0.4, 0.5) is 8.78 Å². The topological polar surface area (TPSA) is 114 Å². The molecule has 0 bridgehead atoms. The fourth-order valence-electron chi connectivity index (χ4n) is 4.43. The average molecular weight is 539 g/mol. The molecule has 4 rings (SSSR count). The number of hydrogen-bond acceptors (Lipinski definition) is 6. The second-order valence-electron chi connectivity index (χ2n) is 9.74. The standard InChI is InChI=1S/C27H28BF2N3O6/c1-16(2)38-10-11-39-20-5-3-4-19(13-20)27(29,30)25(37)31-14-17-6-7-21-18(12-17)15-33(23(21)35)26(28)9-8-22(34)32-24(26)36/h3-7,12-13,16H,8-11,14-15H2,1-2H3,(H,31,37)(H,32,34,36). The van der Waals surface area contributed by atoms with Crippen LogP contribution in [-0.4, -0.2) is 61.1 Å². The Morgan fingerprint density at radius 2 is 1.95 bits per heavy atom. The summed E-state index contributed by atoms with van der Waals surface area (Å²) in [5.41, 5.74) is -0.890. The molecule has 204 valence electrons. The predicted molar refractivity (Wildman–Crippen MR) is 136 cm³/mol. The normalized spacial score (nSPS) is 19.2. The maximum absolute atomic E-state index is 14.9. The van der Waals surface area contributed by atoms with Crippen LogP contribution >= 0.6 is 0 Å². The van der Waals surface area contributed by atoms with E-state index in [4.69, 9.17) is 17.3 Å². The van der Waals surface area contributed by atoms with Gasteiger partial charge in [0.2, 0.25) is 11.8 Å². The zero-order valence-electron chi connectivity index (χ0n) is 21.6. The summed E-state index contributed by atoms with van der Waals surface area (Å²) in [6, 6.07) is 9.77. The molecule has 0 spiro atoms. The lowest BCUT2D eigenvalue weighted by atomic mass is 9.70. The van der Waals surface area contributed by atoms with Crippen LogP contribution in [0.5, 0.6) is 5.75 Å². The molecule has 2 heterocycles. The second-order valence-corrected chi connectivity index (χ2v) is 9.74. The number of halogens is 2. The average Bonchev–Trinajstić information content (AvgIpc) is 3.23. The highest BCUT2D eigenvalue weighted by molar-refractivity contribution is 6.32. The quantitative estimate of drug-likeness (QED) is 0.272. The van der Waals surface area contributed by atoms with Crippen molar-refractivity contribution in [3.8, 4) is 5.75 Å². The Bertz CT molecular complexity index is 1300. The van der Waals surface area contributed by atoms with Gasteiger partial charge in [-0.3, -0.25) is 24.5 Å². The van der Waals surface area contributed by atoms with Crippen LogP contribution < -0.4 is 15.4 Å². The number of benzene rings is 2. The molecule has 12 heteroatoms. The molecule has 2 aliphatic rings. The first kappa shape index (κ1) is 28.2. The number of rotatable bonds is 10. The molecule has 2 aromatic rings. The highest BCUT2D eigenvalue weighted by atomic mass is 19.3. The number of imide groups is 1. The maximum atomic E-state index is 14.9.